The molecule has 0 bridgehead atoms. The summed E-state index contributed by atoms with van der Waals surface area (Å²) in [6.45, 7) is 0. The molecule has 0 saturated heterocycles. The number of aromatic nitrogens is 3. The molecular weight excluding hydrogens is 218 g/mol. The topological polar surface area (TPSA) is 76.0 Å². The Bertz CT molecular complexity index is 538. The molecular formula is C12H9N3O2. The van der Waals surface area contributed by atoms with Crippen LogP contribution in [0.25, 0.3) is 11.6 Å². The number of pyridine rings is 1. The van der Waals surface area contributed by atoms with E-state index in [4.69, 9.17) is 5.11 Å². The van der Waals surface area contributed by atoms with Gasteiger partial charge in [0, 0.05) is 30.4 Å². The third kappa shape index (κ3) is 2.72. The van der Waals surface area contributed by atoms with E-state index >= 15 is 0 Å². The smallest absolute Gasteiger partial charge is 0.336 e. The number of nitrogens with zero attached hydrogens (tertiary/aromatic N) is 3. The van der Waals surface area contributed by atoms with E-state index in [2.05, 4.69) is 15.0 Å². The number of carbonyl (C=O) groups is 1. The van der Waals surface area contributed by atoms with Gasteiger partial charge in [-0.3, -0.25) is 4.98 Å². The van der Waals surface area contributed by atoms with Crippen molar-refractivity contribution >= 4 is 17.6 Å². The third-order valence-corrected chi connectivity index (χ3v) is 2.10. The Morgan fingerprint density at radius 3 is 2.53 bits per heavy atom. The van der Waals surface area contributed by atoms with Crippen LogP contribution in [0, 0.1) is 0 Å². The molecule has 1 N–H and O–H groups in total. The third-order valence-electron chi connectivity index (χ3n) is 2.10. The van der Waals surface area contributed by atoms with Crippen LogP contribution in [0.5, 0.6) is 0 Å². The highest BCUT2D eigenvalue weighted by atomic mass is 16.4. The SMILES string of the molecule is O=C(O)C(=Cc1cccnc1)c1cncnc1. The Kier molecular flexibility index (Phi) is 3.20. The number of rotatable bonds is 3. The molecule has 0 aliphatic carbocycles. The molecule has 0 fully saturated rings. The van der Waals surface area contributed by atoms with E-state index in [0.717, 1.165) is 0 Å². The molecule has 0 aliphatic rings. The lowest BCUT2D eigenvalue weighted by Gasteiger charge is -2.01. The Hall–Kier alpha value is -2.56. The Morgan fingerprint density at radius 2 is 1.94 bits per heavy atom. The summed E-state index contributed by atoms with van der Waals surface area (Å²) in [6, 6.07) is 3.52. The van der Waals surface area contributed by atoms with E-state index in [1.54, 1.807) is 24.5 Å². The van der Waals surface area contributed by atoms with Crippen molar-refractivity contribution < 1.29 is 9.90 Å². The molecule has 0 radical (unpaired) electrons. The first-order chi connectivity index (χ1) is 8.27. The summed E-state index contributed by atoms with van der Waals surface area (Å²) in [5.41, 5.74) is 1.32. The van der Waals surface area contributed by atoms with Gasteiger partial charge in [-0.25, -0.2) is 14.8 Å². The molecule has 0 aliphatic heterocycles. The summed E-state index contributed by atoms with van der Waals surface area (Å²) >= 11 is 0. The van der Waals surface area contributed by atoms with Crippen molar-refractivity contribution in [2.75, 3.05) is 0 Å². The molecule has 0 unspecified atom stereocenters. The van der Waals surface area contributed by atoms with E-state index < -0.39 is 5.97 Å². The average molecular weight is 227 g/mol. The predicted octanol–water partition coefficient (Wildman–Crippen LogP) is 1.50. The van der Waals surface area contributed by atoms with E-state index in [0.29, 0.717) is 11.1 Å². The molecule has 0 saturated carbocycles. The molecule has 0 amide bonds. The number of aliphatic carboxylic acids is 1. The van der Waals surface area contributed by atoms with Crippen LogP contribution in [0.3, 0.4) is 0 Å². The fourth-order valence-electron chi connectivity index (χ4n) is 1.33. The lowest BCUT2D eigenvalue weighted by molar-refractivity contribution is -0.130. The average Bonchev–Trinajstić information content (AvgIpc) is 2.38. The van der Waals surface area contributed by atoms with Crippen molar-refractivity contribution in [1.82, 2.24) is 15.0 Å². The minimum Gasteiger partial charge on any atom is -0.478 e. The summed E-state index contributed by atoms with van der Waals surface area (Å²) in [6.07, 6.45) is 9.03. The summed E-state index contributed by atoms with van der Waals surface area (Å²) in [5.74, 6) is -1.02. The van der Waals surface area contributed by atoms with E-state index in [1.165, 1.54) is 24.8 Å². The fourth-order valence-corrected chi connectivity index (χ4v) is 1.33. The van der Waals surface area contributed by atoms with Gasteiger partial charge in [0.25, 0.3) is 0 Å². The molecule has 2 heterocycles. The van der Waals surface area contributed by atoms with Crippen LogP contribution in [0.15, 0.2) is 43.2 Å². The van der Waals surface area contributed by atoms with Gasteiger partial charge in [-0.15, -0.1) is 0 Å². The normalized spacial score (nSPS) is 11.2. The second kappa shape index (κ2) is 4.98. The lowest BCUT2D eigenvalue weighted by atomic mass is 10.1. The monoisotopic (exact) mass is 227 g/mol. The largest absolute Gasteiger partial charge is 0.478 e. The van der Waals surface area contributed by atoms with Crippen LogP contribution in [-0.4, -0.2) is 26.0 Å². The van der Waals surface area contributed by atoms with Crippen molar-refractivity contribution in [3.05, 3.63) is 54.4 Å². The Balaban J connectivity index is 2.44. The zero-order valence-corrected chi connectivity index (χ0v) is 8.82. The molecule has 2 aromatic heterocycles. The van der Waals surface area contributed by atoms with E-state index in [9.17, 15) is 4.79 Å². The van der Waals surface area contributed by atoms with Gasteiger partial charge in [0.2, 0.25) is 0 Å². The lowest BCUT2D eigenvalue weighted by Crippen LogP contribution is -2.00. The van der Waals surface area contributed by atoms with Crippen LogP contribution in [-0.2, 0) is 4.79 Å². The van der Waals surface area contributed by atoms with Gasteiger partial charge in [-0.05, 0) is 17.7 Å². The standard InChI is InChI=1S/C12H9N3O2/c16-12(17)11(10-6-14-8-15-7-10)4-9-2-1-3-13-5-9/h1-8H,(H,16,17). The maximum atomic E-state index is 11.2. The maximum Gasteiger partial charge on any atom is 0.336 e. The van der Waals surface area contributed by atoms with Gasteiger partial charge in [-0.1, -0.05) is 6.07 Å². The minimum absolute atomic E-state index is 0.138. The van der Waals surface area contributed by atoms with Crippen molar-refractivity contribution in [2.45, 2.75) is 0 Å². The number of carboxylic acids is 1. The predicted molar refractivity (Wildman–Crippen MR) is 61.8 cm³/mol. The zero-order chi connectivity index (χ0) is 12.1. The molecule has 5 heteroatoms. The molecule has 84 valence electrons. The molecule has 17 heavy (non-hydrogen) atoms. The summed E-state index contributed by atoms with van der Waals surface area (Å²) in [4.78, 5) is 22.7. The first kappa shape index (κ1) is 10.9. The van der Waals surface area contributed by atoms with Gasteiger partial charge in [-0.2, -0.15) is 0 Å². The molecule has 0 spiro atoms. The van der Waals surface area contributed by atoms with Crippen LogP contribution >= 0.6 is 0 Å². The number of hydrogen-bond acceptors (Lipinski definition) is 4. The van der Waals surface area contributed by atoms with Crippen LogP contribution < -0.4 is 0 Å². The summed E-state index contributed by atoms with van der Waals surface area (Å²) in [7, 11) is 0. The first-order valence-corrected chi connectivity index (χ1v) is 4.88. The Morgan fingerprint density at radius 1 is 1.18 bits per heavy atom. The second-order valence-corrected chi connectivity index (χ2v) is 3.28. The fraction of sp³-hybridized carbons (Fsp3) is 0. The van der Waals surface area contributed by atoms with Gasteiger partial charge >= 0.3 is 5.97 Å². The molecule has 0 atom stereocenters. The van der Waals surface area contributed by atoms with Crippen molar-refractivity contribution in [1.29, 1.82) is 0 Å². The van der Waals surface area contributed by atoms with Gasteiger partial charge in [0.1, 0.15) is 6.33 Å². The molecule has 5 nitrogen and oxygen atoms in total. The molecule has 2 aromatic rings. The van der Waals surface area contributed by atoms with E-state index in [-0.39, 0.29) is 5.57 Å². The van der Waals surface area contributed by atoms with Crippen molar-refractivity contribution in [3.8, 4) is 0 Å². The first-order valence-electron chi connectivity index (χ1n) is 4.88. The molecule has 2 rings (SSSR count). The van der Waals surface area contributed by atoms with Gasteiger partial charge in [0.15, 0.2) is 0 Å². The number of hydrogen-bond donors (Lipinski definition) is 1. The maximum absolute atomic E-state index is 11.2. The van der Waals surface area contributed by atoms with Gasteiger partial charge < -0.3 is 5.11 Å². The number of carboxylic acid groups (broad SMARTS) is 1. The van der Waals surface area contributed by atoms with Crippen molar-refractivity contribution in [3.63, 3.8) is 0 Å². The van der Waals surface area contributed by atoms with Crippen molar-refractivity contribution in [2.24, 2.45) is 0 Å². The highest BCUT2D eigenvalue weighted by molar-refractivity contribution is 6.20. The summed E-state index contributed by atoms with van der Waals surface area (Å²) < 4.78 is 0. The zero-order valence-electron chi connectivity index (χ0n) is 8.82. The quantitative estimate of drug-likeness (QED) is 0.804. The highest BCUT2D eigenvalue weighted by Gasteiger charge is 2.10. The van der Waals surface area contributed by atoms with Crippen LogP contribution in [0.4, 0.5) is 0 Å². The molecule has 0 aromatic carbocycles. The second-order valence-electron chi connectivity index (χ2n) is 3.28. The highest BCUT2D eigenvalue weighted by Crippen LogP contribution is 2.16. The minimum atomic E-state index is -1.02. The summed E-state index contributed by atoms with van der Waals surface area (Å²) in [5, 5.41) is 9.14. The Labute approximate surface area is 97.5 Å². The van der Waals surface area contributed by atoms with Crippen LogP contribution in [0.1, 0.15) is 11.1 Å². The van der Waals surface area contributed by atoms with E-state index in [1.807, 2.05) is 0 Å². The van der Waals surface area contributed by atoms with Gasteiger partial charge in [0.05, 0.1) is 5.57 Å². The van der Waals surface area contributed by atoms with Crippen LogP contribution in [0.2, 0.25) is 0 Å².